The van der Waals surface area contributed by atoms with Gasteiger partial charge in [0, 0.05) is 18.4 Å². The molecule has 1 heterocycles. The van der Waals surface area contributed by atoms with E-state index in [-0.39, 0.29) is 5.91 Å². The molecule has 0 aliphatic heterocycles. The van der Waals surface area contributed by atoms with Gasteiger partial charge in [-0.2, -0.15) is 0 Å². The molecule has 0 unspecified atom stereocenters. The third-order valence-electron chi connectivity index (χ3n) is 3.06. The largest absolute Gasteiger partial charge is 0.354 e. The summed E-state index contributed by atoms with van der Waals surface area (Å²) >= 11 is 0. The zero-order chi connectivity index (χ0) is 15.2. The van der Waals surface area contributed by atoms with E-state index in [4.69, 9.17) is 0 Å². The standard InChI is InChI=1S/C16H20N4O/c1-4-8-17-16-18-9-7-13(20-16)15(21)19-14-10-11(2)5-6-12(14)3/h5-7,9-10H,4,8H2,1-3H3,(H,19,21)(H,17,18,20). The Labute approximate surface area is 124 Å². The quantitative estimate of drug-likeness (QED) is 0.885. The molecule has 0 radical (unpaired) electrons. The van der Waals surface area contributed by atoms with Gasteiger partial charge in [-0.3, -0.25) is 4.79 Å². The molecule has 0 saturated carbocycles. The maximum atomic E-state index is 12.3. The predicted molar refractivity (Wildman–Crippen MR) is 84.7 cm³/mol. The number of anilines is 2. The molecule has 1 aromatic carbocycles. The third-order valence-corrected chi connectivity index (χ3v) is 3.06. The Balaban J connectivity index is 2.14. The smallest absolute Gasteiger partial charge is 0.274 e. The van der Waals surface area contributed by atoms with Gasteiger partial charge in [-0.05, 0) is 43.5 Å². The van der Waals surface area contributed by atoms with Crippen molar-refractivity contribution in [3.63, 3.8) is 0 Å². The molecule has 0 atom stereocenters. The van der Waals surface area contributed by atoms with Gasteiger partial charge in [0.25, 0.3) is 5.91 Å². The zero-order valence-corrected chi connectivity index (χ0v) is 12.6. The van der Waals surface area contributed by atoms with Gasteiger partial charge in [0.1, 0.15) is 5.69 Å². The van der Waals surface area contributed by atoms with Crippen molar-refractivity contribution in [3.8, 4) is 0 Å². The van der Waals surface area contributed by atoms with Crippen molar-refractivity contribution in [1.29, 1.82) is 0 Å². The van der Waals surface area contributed by atoms with Crippen molar-refractivity contribution in [3.05, 3.63) is 47.3 Å². The predicted octanol–water partition coefficient (Wildman–Crippen LogP) is 3.17. The Bertz CT molecular complexity index is 640. The van der Waals surface area contributed by atoms with Crippen LogP contribution < -0.4 is 10.6 Å². The summed E-state index contributed by atoms with van der Waals surface area (Å²) in [5.74, 6) is 0.246. The Morgan fingerprint density at radius 2 is 2.05 bits per heavy atom. The second-order valence-corrected chi connectivity index (χ2v) is 4.96. The Morgan fingerprint density at radius 3 is 2.81 bits per heavy atom. The van der Waals surface area contributed by atoms with Gasteiger partial charge in [-0.1, -0.05) is 19.1 Å². The molecule has 2 aromatic rings. The van der Waals surface area contributed by atoms with Crippen LogP contribution in [0.2, 0.25) is 0 Å². The van der Waals surface area contributed by atoms with Crippen LogP contribution in [0.1, 0.15) is 35.0 Å². The van der Waals surface area contributed by atoms with Crippen molar-refractivity contribution in [1.82, 2.24) is 9.97 Å². The average molecular weight is 284 g/mol. The molecule has 2 rings (SSSR count). The Morgan fingerprint density at radius 1 is 1.24 bits per heavy atom. The van der Waals surface area contributed by atoms with Crippen molar-refractivity contribution < 1.29 is 4.79 Å². The second kappa shape index (κ2) is 6.83. The van der Waals surface area contributed by atoms with E-state index < -0.39 is 0 Å². The van der Waals surface area contributed by atoms with Crippen molar-refractivity contribution in [2.75, 3.05) is 17.2 Å². The molecular formula is C16H20N4O. The van der Waals surface area contributed by atoms with E-state index in [0.717, 1.165) is 29.8 Å². The van der Waals surface area contributed by atoms with Gasteiger partial charge in [0.15, 0.2) is 0 Å². The molecule has 1 amide bonds. The molecule has 0 bridgehead atoms. The van der Waals surface area contributed by atoms with Crippen LogP contribution >= 0.6 is 0 Å². The minimum Gasteiger partial charge on any atom is -0.354 e. The van der Waals surface area contributed by atoms with E-state index in [2.05, 4.69) is 27.5 Å². The molecule has 1 aromatic heterocycles. The molecule has 0 aliphatic rings. The third kappa shape index (κ3) is 4.02. The molecule has 0 aliphatic carbocycles. The second-order valence-electron chi connectivity index (χ2n) is 4.96. The number of benzene rings is 1. The fourth-order valence-electron chi connectivity index (χ4n) is 1.86. The van der Waals surface area contributed by atoms with Gasteiger partial charge in [-0.15, -0.1) is 0 Å². The monoisotopic (exact) mass is 284 g/mol. The number of hydrogen-bond acceptors (Lipinski definition) is 4. The molecule has 110 valence electrons. The molecule has 0 fully saturated rings. The highest BCUT2D eigenvalue weighted by Crippen LogP contribution is 2.17. The molecule has 5 nitrogen and oxygen atoms in total. The first-order valence-corrected chi connectivity index (χ1v) is 7.05. The normalized spacial score (nSPS) is 10.2. The summed E-state index contributed by atoms with van der Waals surface area (Å²) in [6, 6.07) is 7.56. The van der Waals surface area contributed by atoms with Gasteiger partial charge in [0.2, 0.25) is 5.95 Å². The molecule has 21 heavy (non-hydrogen) atoms. The van der Waals surface area contributed by atoms with Crippen molar-refractivity contribution >= 4 is 17.5 Å². The minimum absolute atomic E-state index is 0.231. The number of nitrogens with zero attached hydrogens (tertiary/aromatic N) is 2. The fourth-order valence-corrected chi connectivity index (χ4v) is 1.86. The summed E-state index contributed by atoms with van der Waals surface area (Å²) in [4.78, 5) is 20.6. The minimum atomic E-state index is -0.231. The van der Waals surface area contributed by atoms with Gasteiger partial charge in [-0.25, -0.2) is 9.97 Å². The summed E-state index contributed by atoms with van der Waals surface area (Å²) in [6.45, 7) is 6.79. The summed E-state index contributed by atoms with van der Waals surface area (Å²) < 4.78 is 0. The van der Waals surface area contributed by atoms with Gasteiger partial charge in [0.05, 0.1) is 0 Å². The summed E-state index contributed by atoms with van der Waals surface area (Å²) in [5.41, 5.74) is 3.28. The lowest BCUT2D eigenvalue weighted by Gasteiger charge is -2.09. The maximum Gasteiger partial charge on any atom is 0.274 e. The Kier molecular flexibility index (Phi) is 4.87. The number of hydrogen-bond donors (Lipinski definition) is 2. The lowest BCUT2D eigenvalue weighted by atomic mass is 10.1. The highest BCUT2D eigenvalue weighted by atomic mass is 16.1. The Hall–Kier alpha value is -2.43. The SMILES string of the molecule is CCCNc1nccc(C(=O)Nc2cc(C)ccc2C)n1. The molecule has 0 spiro atoms. The summed E-state index contributed by atoms with van der Waals surface area (Å²) in [7, 11) is 0. The van der Waals surface area contributed by atoms with Gasteiger partial charge >= 0.3 is 0 Å². The highest BCUT2D eigenvalue weighted by molar-refractivity contribution is 6.03. The van der Waals surface area contributed by atoms with Crippen LogP contribution in [-0.4, -0.2) is 22.4 Å². The highest BCUT2D eigenvalue weighted by Gasteiger charge is 2.10. The van der Waals surface area contributed by atoms with Gasteiger partial charge < -0.3 is 10.6 Å². The topological polar surface area (TPSA) is 66.9 Å². The molecule has 2 N–H and O–H groups in total. The van der Waals surface area contributed by atoms with E-state index in [1.807, 2.05) is 32.0 Å². The molecular weight excluding hydrogens is 264 g/mol. The van der Waals surface area contributed by atoms with E-state index in [9.17, 15) is 4.79 Å². The first-order chi connectivity index (χ1) is 10.1. The van der Waals surface area contributed by atoms with E-state index in [0.29, 0.717) is 11.6 Å². The number of nitrogens with one attached hydrogen (secondary N) is 2. The number of amides is 1. The number of aromatic nitrogens is 2. The zero-order valence-electron chi connectivity index (χ0n) is 12.6. The lowest BCUT2D eigenvalue weighted by Crippen LogP contribution is -2.16. The summed E-state index contributed by atoms with van der Waals surface area (Å²) in [6.07, 6.45) is 2.56. The van der Waals surface area contributed by atoms with E-state index in [1.165, 1.54) is 0 Å². The summed E-state index contributed by atoms with van der Waals surface area (Å²) in [5, 5.41) is 5.97. The van der Waals surface area contributed by atoms with E-state index in [1.54, 1.807) is 12.3 Å². The van der Waals surface area contributed by atoms with Crippen LogP contribution in [0.4, 0.5) is 11.6 Å². The van der Waals surface area contributed by atoms with Crippen LogP contribution in [-0.2, 0) is 0 Å². The van der Waals surface area contributed by atoms with Crippen molar-refractivity contribution in [2.45, 2.75) is 27.2 Å². The molecule has 0 saturated heterocycles. The van der Waals surface area contributed by atoms with Crippen LogP contribution in [0.3, 0.4) is 0 Å². The lowest BCUT2D eigenvalue weighted by molar-refractivity contribution is 0.102. The average Bonchev–Trinajstić information content (AvgIpc) is 2.49. The van der Waals surface area contributed by atoms with Crippen LogP contribution in [0.5, 0.6) is 0 Å². The first kappa shape index (κ1) is 15.0. The number of carbonyl (C=O) groups is 1. The van der Waals surface area contributed by atoms with Crippen LogP contribution in [0.15, 0.2) is 30.5 Å². The number of aryl methyl sites for hydroxylation is 2. The van der Waals surface area contributed by atoms with Crippen LogP contribution in [0, 0.1) is 13.8 Å². The maximum absolute atomic E-state index is 12.3. The fraction of sp³-hybridized carbons (Fsp3) is 0.312. The van der Waals surface area contributed by atoms with E-state index >= 15 is 0 Å². The first-order valence-electron chi connectivity index (χ1n) is 7.05. The number of rotatable bonds is 5. The van der Waals surface area contributed by atoms with Crippen molar-refractivity contribution in [2.24, 2.45) is 0 Å². The van der Waals surface area contributed by atoms with Crippen LogP contribution in [0.25, 0.3) is 0 Å². The number of carbonyl (C=O) groups excluding carboxylic acids is 1. The molecule has 5 heteroatoms.